The minimum absolute atomic E-state index is 0.0748. The molecule has 4 heterocycles. The first-order valence-corrected chi connectivity index (χ1v) is 10.3. The van der Waals surface area contributed by atoms with Crippen LogP contribution in [-0.2, 0) is 12.8 Å². The Morgan fingerprint density at radius 2 is 2.18 bits per heavy atom. The second-order valence-electron chi connectivity index (χ2n) is 6.95. The molecule has 1 aliphatic carbocycles. The van der Waals surface area contributed by atoms with Gasteiger partial charge in [0, 0.05) is 29.8 Å². The first-order chi connectivity index (χ1) is 13.7. The van der Waals surface area contributed by atoms with E-state index in [1.165, 1.54) is 16.9 Å². The molecule has 8 heteroatoms. The van der Waals surface area contributed by atoms with Crippen molar-refractivity contribution < 1.29 is 4.52 Å². The number of pyridine rings is 1. The average molecular weight is 392 g/mol. The van der Waals surface area contributed by atoms with E-state index in [1.807, 2.05) is 12.1 Å². The molecule has 0 amide bonds. The van der Waals surface area contributed by atoms with Gasteiger partial charge < -0.3 is 9.84 Å². The van der Waals surface area contributed by atoms with Crippen molar-refractivity contribution in [2.45, 2.75) is 45.6 Å². The number of fused-ring (bicyclic) bond motifs is 3. The Morgan fingerprint density at radius 1 is 1.25 bits per heavy atom. The van der Waals surface area contributed by atoms with E-state index in [0.29, 0.717) is 17.5 Å². The van der Waals surface area contributed by atoms with Gasteiger partial charge in [0.25, 0.3) is 0 Å². The molecule has 0 saturated carbocycles. The molecule has 0 saturated heterocycles. The van der Waals surface area contributed by atoms with Gasteiger partial charge >= 0.3 is 0 Å². The van der Waals surface area contributed by atoms with Crippen LogP contribution >= 0.6 is 11.3 Å². The van der Waals surface area contributed by atoms with Crippen LogP contribution in [0.15, 0.2) is 29.0 Å². The maximum atomic E-state index is 5.18. The molecule has 4 aromatic heterocycles. The molecule has 28 heavy (non-hydrogen) atoms. The third-order valence-electron chi connectivity index (χ3n) is 5.06. The molecule has 5 rings (SSSR count). The standard InChI is InChI=1S/C20H20N6OS/c1-3-14(18-22-11(2)27-26-18)23-19-16-13-7-4-8-15(13)28-20(16)25-17(24-19)12-6-5-9-21-10-12/h5-6,9-10,14H,3-4,7-8H2,1-2H3,(H,23,24,25). The van der Waals surface area contributed by atoms with Crippen LogP contribution in [0, 0.1) is 6.92 Å². The second kappa shape index (κ2) is 6.94. The number of nitrogens with one attached hydrogen (secondary N) is 1. The number of thiophene rings is 1. The minimum atomic E-state index is -0.0748. The molecule has 0 radical (unpaired) electrons. The van der Waals surface area contributed by atoms with E-state index in [9.17, 15) is 0 Å². The van der Waals surface area contributed by atoms with Crippen molar-refractivity contribution in [2.24, 2.45) is 0 Å². The fourth-order valence-electron chi connectivity index (χ4n) is 3.70. The fourth-order valence-corrected chi connectivity index (χ4v) is 4.96. The molecule has 0 fully saturated rings. The Bertz CT molecular complexity index is 1140. The summed E-state index contributed by atoms with van der Waals surface area (Å²) >= 11 is 1.78. The zero-order chi connectivity index (χ0) is 19.1. The number of nitrogens with zero attached hydrogens (tertiary/aromatic N) is 5. The van der Waals surface area contributed by atoms with Crippen molar-refractivity contribution in [1.82, 2.24) is 25.1 Å². The normalized spacial score (nSPS) is 14.4. The zero-order valence-electron chi connectivity index (χ0n) is 15.8. The van der Waals surface area contributed by atoms with Crippen LogP contribution in [-0.4, -0.2) is 25.1 Å². The Kier molecular flexibility index (Phi) is 4.27. The fraction of sp³-hybridized carbons (Fsp3) is 0.350. The SMILES string of the molecule is CCC(Nc1nc(-c2cccnc2)nc2sc3c(c12)CCC3)c1noc(C)n1. The van der Waals surface area contributed by atoms with Crippen LogP contribution in [0.5, 0.6) is 0 Å². The first-order valence-electron chi connectivity index (χ1n) is 9.52. The average Bonchev–Trinajstić information content (AvgIpc) is 3.42. The van der Waals surface area contributed by atoms with Gasteiger partial charge in [-0.15, -0.1) is 11.3 Å². The molecule has 0 spiro atoms. The highest BCUT2D eigenvalue weighted by atomic mass is 32.1. The number of anilines is 1. The smallest absolute Gasteiger partial charge is 0.223 e. The van der Waals surface area contributed by atoms with E-state index < -0.39 is 0 Å². The summed E-state index contributed by atoms with van der Waals surface area (Å²) in [5, 5.41) is 8.82. The maximum absolute atomic E-state index is 5.18. The molecule has 4 aromatic rings. The van der Waals surface area contributed by atoms with Gasteiger partial charge in [-0.2, -0.15) is 4.98 Å². The Balaban J connectivity index is 1.65. The Labute approximate surface area is 166 Å². The van der Waals surface area contributed by atoms with E-state index in [2.05, 4.69) is 27.4 Å². The highest BCUT2D eigenvalue weighted by Crippen LogP contribution is 2.41. The largest absolute Gasteiger partial charge is 0.359 e. The monoisotopic (exact) mass is 392 g/mol. The summed E-state index contributed by atoms with van der Waals surface area (Å²) in [6.45, 7) is 3.90. The van der Waals surface area contributed by atoms with Crippen LogP contribution in [0.1, 0.15) is 48.0 Å². The van der Waals surface area contributed by atoms with E-state index in [1.54, 1.807) is 30.7 Å². The summed E-state index contributed by atoms with van der Waals surface area (Å²) in [6.07, 6.45) is 7.77. The van der Waals surface area contributed by atoms with Crippen molar-refractivity contribution in [2.75, 3.05) is 5.32 Å². The summed E-state index contributed by atoms with van der Waals surface area (Å²) in [5.41, 5.74) is 2.30. The van der Waals surface area contributed by atoms with Crippen molar-refractivity contribution in [1.29, 1.82) is 0 Å². The van der Waals surface area contributed by atoms with E-state index >= 15 is 0 Å². The van der Waals surface area contributed by atoms with Crippen LogP contribution in [0.3, 0.4) is 0 Å². The lowest BCUT2D eigenvalue weighted by molar-refractivity contribution is 0.384. The van der Waals surface area contributed by atoms with Crippen LogP contribution in [0.4, 0.5) is 5.82 Å². The van der Waals surface area contributed by atoms with Crippen molar-refractivity contribution in [3.8, 4) is 11.4 Å². The molecule has 0 aliphatic heterocycles. The van der Waals surface area contributed by atoms with Gasteiger partial charge in [-0.1, -0.05) is 12.1 Å². The molecule has 7 nitrogen and oxygen atoms in total. The van der Waals surface area contributed by atoms with Gasteiger partial charge in [0.15, 0.2) is 11.6 Å². The third-order valence-corrected chi connectivity index (χ3v) is 6.24. The topological polar surface area (TPSA) is 89.6 Å². The first kappa shape index (κ1) is 17.2. The molecule has 0 aromatic carbocycles. The Hall–Kier alpha value is -2.87. The predicted octanol–water partition coefficient (Wildman–Crippen LogP) is 4.50. The summed E-state index contributed by atoms with van der Waals surface area (Å²) in [5.74, 6) is 2.75. The summed E-state index contributed by atoms with van der Waals surface area (Å²) < 4.78 is 5.18. The molecule has 1 N–H and O–H groups in total. The zero-order valence-corrected chi connectivity index (χ0v) is 16.6. The lowest BCUT2D eigenvalue weighted by Crippen LogP contribution is -2.13. The molecular formula is C20H20N6OS. The van der Waals surface area contributed by atoms with Gasteiger partial charge in [-0.05, 0) is 43.4 Å². The van der Waals surface area contributed by atoms with Gasteiger partial charge in [-0.3, -0.25) is 4.98 Å². The second-order valence-corrected chi connectivity index (χ2v) is 8.04. The van der Waals surface area contributed by atoms with Gasteiger partial charge in [0.1, 0.15) is 10.6 Å². The molecular weight excluding hydrogens is 372 g/mol. The lowest BCUT2D eigenvalue weighted by Gasteiger charge is -2.16. The van der Waals surface area contributed by atoms with Crippen LogP contribution < -0.4 is 5.32 Å². The van der Waals surface area contributed by atoms with E-state index in [-0.39, 0.29) is 6.04 Å². The number of aromatic nitrogens is 5. The molecule has 1 atom stereocenters. The van der Waals surface area contributed by atoms with Gasteiger partial charge in [0.05, 0.1) is 11.4 Å². The third kappa shape index (κ3) is 2.93. The number of hydrogen-bond acceptors (Lipinski definition) is 8. The minimum Gasteiger partial charge on any atom is -0.359 e. The predicted molar refractivity (Wildman–Crippen MR) is 108 cm³/mol. The van der Waals surface area contributed by atoms with Gasteiger partial charge in [-0.25, -0.2) is 9.97 Å². The maximum Gasteiger partial charge on any atom is 0.223 e. The summed E-state index contributed by atoms with van der Waals surface area (Å²) in [7, 11) is 0. The lowest BCUT2D eigenvalue weighted by atomic mass is 10.1. The molecule has 0 bridgehead atoms. The quantitative estimate of drug-likeness (QED) is 0.535. The van der Waals surface area contributed by atoms with Crippen molar-refractivity contribution in [3.63, 3.8) is 0 Å². The number of hydrogen-bond donors (Lipinski definition) is 1. The van der Waals surface area contributed by atoms with Crippen molar-refractivity contribution in [3.05, 3.63) is 46.7 Å². The highest BCUT2D eigenvalue weighted by molar-refractivity contribution is 7.19. The Morgan fingerprint density at radius 3 is 2.93 bits per heavy atom. The molecule has 1 unspecified atom stereocenters. The summed E-state index contributed by atoms with van der Waals surface area (Å²) in [4.78, 5) is 20.8. The van der Waals surface area contributed by atoms with E-state index in [4.69, 9.17) is 14.5 Å². The van der Waals surface area contributed by atoms with Gasteiger partial charge in [0.2, 0.25) is 5.89 Å². The molecule has 1 aliphatic rings. The number of rotatable bonds is 5. The van der Waals surface area contributed by atoms with E-state index in [0.717, 1.165) is 40.9 Å². The molecule has 142 valence electrons. The van der Waals surface area contributed by atoms with Crippen LogP contribution in [0.2, 0.25) is 0 Å². The van der Waals surface area contributed by atoms with Crippen molar-refractivity contribution >= 4 is 27.4 Å². The number of aryl methyl sites for hydroxylation is 3. The summed E-state index contributed by atoms with van der Waals surface area (Å²) in [6, 6.07) is 3.81. The highest BCUT2D eigenvalue weighted by Gasteiger charge is 2.25. The van der Waals surface area contributed by atoms with Crippen LogP contribution in [0.25, 0.3) is 21.6 Å².